The lowest BCUT2D eigenvalue weighted by molar-refractivity contribution is 0.387. The Labute approximate surface area is 105 Å². The van der Waals surface area contributed by atoms with E-state index in [9.17, 15) is 9.36 Å². The second-order valence-corrected chi connectivity index (χ2v) is 5.77. The zero-order valence-electron chi connectivity index (χ0n) is 8.15. The number of benzene rings is 1. The highest BCUT2D eigenvalue weighted by molar-refractivity contribution is 7.60. The van der Waals surface area contributed by atoms with Gasteiger partial charge in [0, 0.05) is 10.9 Å². The van der Waals surface area contributed by atoms with Crippen molar-refractivity contribution in [3.63, 3.8) is 0 Å². The molecule has 2 rings (SSSR count). The van der Waals surface area contributed by atoms with E-state index in [2.05, 4.69) is 4.98 Å². The van der Waals surface area contributed by atoms with Gasteiger partial charge in [-0.25, -0.2) is 0 Å². The van der Waals surface area contributed by atoms with E-state index < -0.39 is 18.5 Å². The van der Waals surface area contributed by atoms with Crippen LogP contribution in [0.4, 0.5) is 0 Å². The maximum absolute atomic E-state index is 11.5. The number of hydrogen-bond acceptors (Lipinski definition) is 2. The number of fused-ring (bicyclic) bond motifs is 1. The van der Waals surface area contributed by atoms with Gasteiger partial charge in [0.15, 0.2) is 0 Å². The molecule has 0 aliphatic heterocycles. The van der Waals surface area contributed by atoms with Crippen LogP contribution in [0.1, 0.15) is 0 Å². The predicted octanol–water partition coefficient (Wildman–Crippen LogP) is 1.64. The zero-order chi connectivity index (χ0) is 12.8. The van der Waals surface area contributed by atoms with Crippen molar-refractivity contribution in [2.24, 2.45) is 0 Å². The summed E-state index contributed by atoms with van der Waals surface area (Å²) in [6.45, 7) is 0. The summed E-state index contributed by atoms with van der Waals surface area (Å²) in [6.07, 6.45) is 0. The van der Waals surface area contributed by atoms with E-state index in [4.69, 9.17) is 33.0 Å². The monoisotopic (exact) mass is 293 g/mol. The maximum atomic E-state index is 11.5. The van der Waals surface area contributed by atoms with Crippen molar-refractivity contribution in [2.75, 3.05) is 0 Å². The van der Waals surface area contributed by atoms with E-state index in [0.29, 0.717) is 10.9 Å². The van der Waals surface area contributed by atoms with Crippen molar-refractivity contribution in [1.82, 2.24) is 4.98 Å². The van der Waals surface area contributed by atoms with Crippen molar-refractivity contribution >= 4 is 47.0 Å². The summed E-state index contributed by atoms with van der Waals surface area (Å²) in [5.41, 5.74) is -0.481. The summed E-state index contributed by atoms with van der Waals surface area (Å²) in [5, 5.41) is 0.294. The van der Waals surface area contributed by atoms with Crippen LogP contribution in [0.25, 0.3) is 10.9 Å². The highest BCUT2D eigenvalue weighted by Crippen LogP contribution is 2.33. The third kappa shape index (κ3) is 2.39. The van der Waals surface area contributed by atoms with E-state index in [1.807, 2.05) is 0 Å². The standard InChI is InChI=1S/C9H6Cl2NO4P/c10-5-1-4-2-8(17(14,15)16)9(13)12-7(4)3-6(5)11/h1-3H,(H,12,13)(H2,14,15,16). The maximum Gasteiger partial charge on any atom is 0.361 e. The van der Waals surface area contributed by atoms with Gasteiger partial charge in [0.25, 0.3) is 5.56 Å². The number of hydrogen-bond donors (Lipinski definition) is 3. The molecule has 0 bridgehead atoms. The molecule has 0 saturated heterocycles. The molecule has 3 N–H and O–H groups in total. The first-order valence-corrected chi connectivity index (χ1v) is 6.74. The summed E-state index contributed by atoms with van der Waals surface area (Å²) < 4.78 is 11.1. The number of aromatic nitrogens is 1. The smallest absolute Gasteiger partial charge is 0.321 e. The number of H-pyrrole nitrogens is 1. The quantitative estimate of drug-likeness (QED) is 0.697. The van der Waals surface area contributed by atoms with Gasteiger partial charge in [0.1, 0.15) is 5.30 Å². The van der Waals surface area contributed by atoms with Crippen LogP contribution >= 0.6 is 30.8 Å². The second-order valence-electron chi connectivity index (χ2n) is 3.38. The molecule has 90 valence electrons. The van der Waals surface area contributed by atoms with E-state index in [0.717, 1.165) is 6.07 Å². The van der Waals surface area contributed by atoms with Crippen molar-refractivity contribution in [2.45, 2.75) is 0 Å². The van der Waals surface area contributed by atoms with Gasteiger partial charge in [0.05, 0.1) is 10.0 Å². The number of aromatic amines is 1. The van der Waals surface area contributed by atoms with E-state index >= 15 is 0 Å². The van der Waals surface area contributed by atoms with Gasteiger partial charge in [-0.05, 0) is 18.2 Å². The molecule has 0 fully saturated rings. The normalized spacial score (nSPS) is 12.0. The summed E-state index contributed by atoms with van der Waals surface area (Å²) in [4.78, 5) is 31.8. The molecule has 0 aliphatic rings. The Morgan fingerprint density at radius 3 is 2.29 bits per heavy atom. The van der Waals surface area contributed by atoms with Crippen LogP contribution in [0.5, 0.6) is 0 Å². The molecule has 8 heteroatoms. The first kappa shape index (κ1) is 12.6. The van der Waals surface area contributed by atoms with Gasteiger partial charge in [-0.3, -0.25) is 9.36 Å². The molecule has 0 unspecified atom stereocenters. The number of nitrogens with one attached hydrogen (secondary N) is 1. The topological polar surface area (TPSA) is 90.4 Å². The van der Waals surface area contributed by atoms with Gasteiger partial charge in [0.2, 0.25) is 0 Å². The first-order chi connectivity index (χ1) is 7.79. The van der Waals surface area contributed by atoms with Crippen LogP contribution < -0.4 is 10.9 Å². The van der Waals surface area contributed by atoms with Crippen molar-refractivity contribution < 1.29 is 14.4 Å². The van der Waals surface area contributed by atoms with Crippen molar-refractivity contribution in [3.8, 4) is 0 Å². The molecule has 17 heavy (non-hydrogen) atoms. The van der Waals surface area contributed by atoms with Crippen molar-refractivity contribution in [3.05, 3.63) is 38.6 Å². The Bertz CT molecular complexity index is 706. The van der Waals surface area contributed by atoms with Gasteiger partial charge < -0.3 is 14.8 Å². The van der Waals surface area contributed by atoms with E-state index in [1.54, 1.807) is 0 Å². The lowest BCUT2D eigenvalue weighted by Crippen LogP contribution is -2.26. The van der Waals surface area contributed by atoms with Gasteiger partial charge in [-0.15, -0.1) is 0 Å². The van der Waals surface area contributed by atoms with Crippen molar-refractivity contribution in [1.29, 1.82) is 0 Å². The fourth-order valence-electron chi connectivity index (χ4n) is 1.41. The van der Waals surface area contributed by atoms with E-state index in [1.165, 1.54) is 12.1 Å². The Hall–Kier alpha value is -0.840. The SMILES string of the molecule is O=c1[nH]c2cc(Cl)c(Cl)cc2cc1P(=O)(O)O. The molecule has 1 aromatic heterocycles. The highest BCUT2D eigenvalue weighted by Gasteiger charge is 2.22. The van der Waals surface area contributed by atoms with Crippen LogP contribution in [0.2, 0.25) is 10.0 Å². The summed E-state index contributed by atoms with van der Waals surface area (Å²) in [5.74, 6) is 0. The highest BCUT2D eigenvalue weighted by atomic mass is 35.5. The first-order valence-electron chi connectivity index (χ1n) is 4.37. The molecule has 0 radical (unpaired) electrons. The molecule has 1 aromatic carbocycles. The largest absolute Gasteiger partial charge is 0.361 e. The lowest BCUT2D eigenvalue weighted by Gasteiger charge is -2.05. The van der Waals surface area contributed by atoms with Gasteiger partial charge >= 0.3 is 7.60 Å². The third-order valence-corrected chi connectivity index (χ3v) is 3.86. The fourth-order valence-corrected chi connectivity index (χ4v) is 2.37. The van der Waals surface area contributed by atoms with Crippen LogP contribution in [0, 0.1) is 0 Å². The second kappa shape index (κ2) is 4.12. The molecule has 0 atom stereocenters. The Balaban J connectivity index is 2.86. The summed E-state index contributed by atoms with van der Waals surface area (Å²) in [7, 11) is -4.61. The Morgan fingerprint density at radius 1 is 1.12 bits per heavy atom. The molecule has 0 amide bonds. The molecular formula is C9H6Cl2NO4P. The number of rotatable bonds is 1. The Kier molecular flexibility index (Phi) is 3.06. The minimum Gasteiger partial charge on any atom is -0.321 e. The fraction of sp³-hybridized carbons (Fsp3) is 0. The average Bonchev–Trinajstić information content (AvgIpc) is 2.18. The number of halogens is 2. The van der Waals surface area contributed by atoms with Crippen LogP contribution in [0.15, 0.2) is 23.0 Å². The molecule has 2 aromatic rings. The van der Waals surface area contributed by atoms with Crippen LogP contribution in [-0.4, -0.2) is 14.8 Å². The third-order valence-electron chi connectivity index (χ3n) is 2.18. The van der Waals surface area contributed by atoms with Gasteiger partial charge in [-0.2, -0.15) is 0 Å². The van der Waals surface area contributed by atoms with Crippen LogP contribution in [-0.2, 0) is 4.57 Å². The lowest BCUT2D eigenvalue weighted by atomic mass is 10.2. The summed E-state index contributed by atoms with van der Waals surface area (Å²) >= 11 is 11.5. The molecule has 5 nitrogen and oxygen atoms in total. The summed E-state index contributed by atoms with van der Waals surface area (Å²) in [6, 6.07) is 3.95. The molecule has 0 saturated carbocycles. The van der Waals surface area contributed by atoms with Gasteiger partial charge in [-0.1, -0.05) is 23.2 Å². The molecular weight excluding hydrogens is 288 g/mol. The van der Waals surface area contributed by atoms with Crippen LogP contribution in [0.3, 0.4) is 0 Å². The Morgan fingerprint density at radius 2 is 1.71 bits per heavy atom. The predicted molar refractivity (Wildman–Crippen MR) is 66.3 cm³/mol. The molecule has 1 heterocycles. The minimum absolute atomic E-state index is 0.239. The van der Waals surface area contributed by atoms with E-state index in [-0.39, 0.29) is 10.0 Å². The average molecular weight is 294 g/mol. The molecule has 0 spiro atoms. The zero-order valence-corrected chi connectivity index (χ0v) is 10.6. The number of pyridine rings is 1. The minimum atomic E-state index is -4.61. The molecule has 0 aliphatic carbocycles.